The Morgan fingerprint density at radius 1 is 0.814 bits per heavy atom. The number of nitrogens with zero attached hydrogens (tertiary/aromatic N) is 3. The number of fused-ring (bicyclic) bond motifs is 1. The number of aromatic nitrogens is 4. The number of anilines is 4. The van der Waals surface area contributed by atoms with Crippen LogP contribution in [0.5, 0.6) is 0 Å². The lowest BCUT2D eigenvalue weighted by molar-refractivity contribution is -0.141. The van der Waals surface area contributed by atoms with Gasteiger partial charge >= 0.3 is 11.9 Å². The number of nitrogens with two attached hydrogens (primary N) is 1. The summed E-state index contributed by atoms with van der Waals surface area (Å²) >= 11 is 0. The number of hydrogen-bond acceptors (Lipinski definition) is 18. The zero-order chi connectivity index (χ0) is 42.6. The molecule has 22 nitrogen and oxygen atoms in total. The molecule has 4 aromatic rings. The van der Waals surface area contributed by atoms with Crippen molar-refractivity contribution in [3.05, 3.63) is 72.5 Å². The number of carbonyl (C=O) groups excluding carboxylic acids is 3. The molecule has 0 spiro atoms. The number of esters is 1. The first kappa shape index (κ1) is 45.2. The fraction of sp³-hybridized carbons (Fsp3) is 0.459. The topological polar surface area (TPSA) is 317 Å². The lowest BCUT2D eigenvalue weighted by atomic mass is 10.1. The van der Waals surface area contributed by atoms with Gasteiger partial charge < -0.3 is 56.4 Å². The molecule has 22 heteroatoms. The SMILES string of the molecule is CC(=O)OCCNc1c(NCCCOCCOCCOCCCNC(=O)CC[C@H](NC(=O)c2ccc(NCc3cnc4nc(N)[nH]c(=O)c4n3)cc2)C(=O)O)c(=O)c1=O. The van der Waals surface area contributed by atoms with E-state index in [2.05, 4.69) is 46.5 Å². The zero-order valence-electron chi connectivity index (χ0n) is 32.4. The van der Waals surface area contributed by atoms with Crippen LogP contribution >= 0.6 is 0 Å². The average Bonchev–Trinajstić information content (AvgIpc) is 3.21. The number of rotatable bonds is 28. The van der Waals surface area contributed by atoms with E-state index in [1.54, 1.807) is 12.1 Å². The Bertz CT molecular complexity index is 2150. The van der Waals surface area contributed by atoms with Gasteiger partial charge in [-0.2, -0.15) is 4.98 Å². The van der Waals surface area contributed by atoms with Gasteiger partial charge in [0.1, 0.15) is 24.0 Å². The smallest absolute Gasteiger partial charge is 0.326 e. The third kappa shape index (κ3) is 15.1. The van der Waals surface area contributed by atoms with Gasteiger partial charge in [-0.05, 0) is 43.5 Å². The van der Waals surface area contributed by atoms with E-state index in [-0.39, 0.29) is 72.5 Å². The summed E-state index contributed by atoms with van der Waals surface area (Å²) in [6, 6.07) is 4.99. The molecule has 2 aromatic carbocycles. The molecule has 2 heterocycles. The Morgan fingerprint density at radius 2 is 1.44 bits per heavy atom. The lowest BCUT2D eigenvalue weighted by Gasteiger charge is -2.15. The van der Waals surface area contributed by atoms with E-state index >= 15 is 0 Å². The van der Waals surface area contributed by atoms with Crippen LogP contribution in [0.3, 0.4) is 0 Å². The number of aliphatic carboxylic acids is 1. The van der Waals surface area contributed by atoms with Gasteiger partial charge in [-0.15, -0.1) is 0 Å². The molecule has 0 fully saturated rings. The summed E-state index contributed by atoms with van der Waals surface area (Å²) in [5, 5.41) is 23.6. The lowest BCUT2D eigenvalue weighted by Crippen LogP contribution is -2.41. The van der Waals surface area contributed by atoms with E-state index in [1.165, 1.54) is 25.3 Å². The van der Waals surface area contributed by atoms with Crippen molar-refractivity contribution in [3.8, 4) is 0 Å². The standard InChI is InChI=1S/C37H48N10O12/c1-22(48)59-15-12-41-29-28(31(50)32(29)51)40-11-3-14-57-17-19-58-18-16-56-13-2-10-39-27(49)9-8-26(36(54)55)45-34(52)23-4-6-24(7-5-23)42-20-25-21-43-33-30(44-25)35(53)47-37(38)46-33/h4-7,21,26,40-42H,2-3,8-20H2,1H3,(H,39,49)(H,45,52)(H,54,55)(H3,38,43,46,47,53)/t26-/m0/s1. The predicted octanol–water partition coefficient (Wildman–Crippen LogP) is -0.500. The maximum Gasteiger partial charge on any atom is 0.326 e. The number of carbonyl (C=O) groups is 4. The normalized spacial score (nSPS) is 11.5. The Labute approximate surface area is 336 Å². The fourth-order valence-electron chi connectivity index (χ4n) is 5.28. The molecule has 4 rings (SSSR count). The number of nitrogen functional groups attached to an aromatic ring is 1. The van der Waals surface area contributed by atoms with Crippen LogP contribution < -0.4 is 48.7 Å². The van der Waals surface area contributed by atoms with Crippen molar-refractivity contribution >= 4 is 57.9 Å². The molecule has 9 N–H and O–H groups in total. The van der Waals surface area contributed by atoms with Crippen molar-refractivity contribution in [2.45, 2.75) is 45.2 Å². The number of ether oxygens (including phenoxy) is 4. The van der Waals surface area contributed by atoms with E-state index in [9.17, 15) is 38.7 Å². The maximum atomic E-state index is 12.8. The number of H-pyrrole nitrogens is 1. The molecular weight excluding hydrogens is 776 g/mol. The van der Waals surface area contributed by atoms with Crippen LogP contribution in [0.25, 0.3) is 11.2 Å². The number of hydrogen-bond donors (Lipinski definition) is 8. The van der Waals surface area contributed by atoms with Crippen LogP contribution in [-0.2, 0) is 39.9 Å². The second-order valence-corrected chi connectivity index (χ2v) is 12.8. The minimum absolute atomic E-state index is 0.0470. The number of amides is 2. The van der Waals surface area contributed by atoms with Gasteiger partial charge in [0.25, 0.3) is 22.3 Å². The van der Waals surface area contributed by atoms with Gasteiger partial charge in [-0.3, -0.25) is 33.8 Å². The Balaban J connectivity index is 0.984. The van der Waals surface area contributed by atoms with Crippen LogP contribution in [0.4, 0.5) is 23.0 Å². The number of aromatic amines is 1. The molecule has 0 bridgehead atoms. The number of nitrogens with one attached hydrogen (secondary N) is 6. The molecular formula is C37H48N10O12. The van der Waals surface area contributed by atoms with Crippen LogP contribution in [0.2, 0.25) is 0 Å². The first-order valence-corrected chi connectivity index (χ1v) is 18.8. The largest absolute Gasteiger partial charge is 0.480 e. The third-order valence-electron chi connectivity index (χ3n) is 8.29. The number of carboxylic acid groups (broad SMARTS) is 1. The van der Waals surface area contributed by atoms with E-state index in [0.29, 0.717) is 77.0 Å². The molecule has 0 aliphatic carbocycles. The first-order chi connectivity index (χ1) is 28.4. The Hall–Kier alpha value is -6.52. The van der Waals surface area contributed by atoms with Crippen molar-refractivity contribution in [1.82, 2.24) is 30.6 Å². The quantitative estimate of drug-likeness (QED) is 0.0203. The molecule has 318 valence electrons. The number of carboxylic acids is 1. The first-order valence-electron chi connectivity index (χ1n) is 18.8. The molecule has 0 aliphatic rings. The average molecular weight is 825 g/mol. The summed E-state index contributed by atoms with van der Waals surface area (Å²) in [6.07, 6.45) is 2.35. The maximum absolute atomic E-state index is 12.8. The fourth-order valence-corrected chi connectivity index (χ4v) is 5.28. The summed E-state index contributed by atoms with van der Waals surface area (Å²) in [5.74, 6) is -2.74. The van der Waals surface area contributed by atoms with Gasteiger partial charge in [-0.1, -0.05) is 0 Å². The van der Waals surface area contributed by atoms with Crippen molar-refractivity contribution in [2.24, 2.45) is 0 Å². The summed E-state index contributed by atoms with van der Waals surface area (Å²) in [7, 11) is 0. The van der Waals surface area contributed by atoms with E-state index in [0.717, 1.165) is 0 Å². The summed E-state index contributed by atoms with van der Waals surface area (Å²) in [5.41, 5.74) is 5.69. The second kappa shape index (κ2) is 23.6. The van der Waals surface area contributed by atoms with E-state index < -0.39 is 40.3 Å². The van der Waals surface area contributed by atoms with Crippen molar-refractivity contribution < 1.29 is 43.2 Å². The third-order valence-corrected chi connectivity index (χ3v) is 8.29. The van der Waals surface area contributed by atoms with Gasteiger partial charge in [0.05, 0.1) is 44.9 Å². The summed E-state index contributed by atoms with van der Waals surface area (Å²) in [4.78, 5) is 98.0. The highest BCUT2D eigenvalue weighted by molar-refractivity contribution is 5.97. The van der Waals surface area contributed by atoms with Crippen molar-refractivity contribution in [1.29, 1.82) is 0 Å². The van der Waals surface area contributed by atoms with E-state index in [4.69, 9.17) is 24.7 Å². The van der Waals surface area contributed by atoms with Gasteiger partial charge in [0.2, 0.25) is 11.9 Å². The van der Waals surface area contributed by atoms with Gasteiger partial charge in [0.15, 0.2) is 11.2 Å². The second-order valence-electron chi connectivity index (χ2n) is 12.8. The summed E-state index contributed by atoms with van der Waals surface area (Å²) in [6.45, 7) is 4.72. The molecule has 0 saturated heterocycles. The van der Waals surface area contributed by atoms with Crippen molar-refractivity contribution in [2.75, 3.05) is 87.6 Å². The van der Waals surface area contributed by atoms with Crippen LogP contribution in [0.15, 0.2) is 44.8 Å². The molecule has 0 unspecified atom stereocenters. The minimum atomic E-state index is -1.28. The van der Waals surface area contributed by atoms with Crippen LogP contribution in [0, 0.1) is 0 Å². The molecule has 0 aliphatic heterocycles. The predicted molar refractivity (Wildman–Crippen MR) is 214 cm³/mol. The zero-order valence-corrected chi connectivity index (χ0v) is 32.4. The van der Waals surface area contributed by atoms with Crippen molar-refractivity contribution in [3.63, 3.8) is 0 Å². The Morgan fingerprint density at radius 3 is 2.08 bits per heavy atom. The van der Waals surface area contributed by atoms with E-state index in [1.807, 2.05) is 0 Å². The molecule has 0 saturated carbocycles. The highest BCUT2D eigenvalue weighted by Gasteiger charge is 2.22. The molecule has 2 aromatic heterocycles. The highest BCUT2D eigenvalue weighted by Crippen LogP contribution is 2.14. The van der Waals surface area contributed by atoms with Gasteiger partial charge in [-0.25, -0.2) is 14.8 Å². The minimum Gasteiger partial charge on any atom is -0.480 e. The molecule has 0 radical (unpaired) electrons. The van der Waals surface area contributed by atoms with Gasteiger partial charge in [0, 0.05) is 57.4 Å². The molecule has 1 atom stereocenters. The summed E-state index contributed by atoms with van der Waals surface area (Å²) < 4.78 is 21.3. The highest BCUT2D eigenvalue weighted by atomic mass is 16.5. The monoisotopic (exact) mass is 824 g/mol. The molecule has 59 heavy (non-hydrogen) atoms. The van der Waals surface area contributed by atoms with Crippen LogP contribution in [0.1, 0.15) is 48.7 Å². The van der Waals surface area contributed by atoms with Crippen LogP contribution in [-0.4, -0.2) is 121 Å². The Kier molecular flexibility index (Phi) is 18.1. The molecule has 2 amide bonds. The number of benzene rings is 1.